The quantitative estimate of drug-likeness (QED) is 0.783. The van der Waals surface area contributed by atoms with E-state index in [0.717, 1.165) is 6.07 Å². The Morgan fingerprint density at radius 3 is 2.29 bits per heavy atom. The molecule has 0 saturated carbocycles. The second kappa shape index (κ2) is 6.36. The van der Waals surface area contributed by atoms with Crippen LogP contribution in [0.15, 0.2) is 45.3 Å². The molecule has 0 bridgehead atoms. The van der Waals surface area contributed by atoms with Gasteiger partial charge in [0.2, 0.25) is 0 Å². The van der Waals surface area contributed by atoms with Crippen molar-refractivity contribution in [3.05, 3.63) is 62.3 Å². The Hall–Kier alpha value is -1.73. The largest absolute Gasteiger partial charge is 0.478 e. The molecule has 21 heavy (non-hydrogen) atoms. The van der Waals surface area contributed by atoms with E-state index < -0.39 is 23.3 Å². The number of rotatable bonds is 3. The predicted molar refractivity (Wildman–Crippen MR) is 83.2 cm³/mol. The zero-order valence-electron chi connectivity index (χ0n) is 10.4. The molecule has 2 aromatic carbocycles. The minimum Gasteiger partial charge on any atom is -0.478 e. The molecule has 2 rings (SSSR count). The van der Waals surface area contributed by atoms with Gasteiger partial charge in [-0.15, -0.1) is 0 Å². The third-order valence-corrected chi connectivity index (χ3v) is 3.52. The van der Waals surface area contributed by atoms with Crippen molar-refractivity contribution in [2.24, 2.45) is 0 Å². The zero-order valence-corrected chi connectivity index (χ0v) is 13.5. The van der Waals surface area contributed by atoms with E-state index in [9.17, 15) is 14.0 Å². The van der Waals surface area contributed by atoms with E-state index >= 15 is 0 Å². The van der Waals surface area contributed by atoms with Crippen LogP contribution in [0.2, 0.25) is 0 Å². The Kier molecular flexibility index (Phi) is 4.74. The SMILES string of the molecule is O=C(Nc1cccc(F)c1C(=O)O)c1cc(Br)cc(Br)c1. The molecule has 0 fully saturated rings. The van der Waals surface area contributed by atoms with Crippen LogP contribution in [0.4, 0.5) is 10.1 Å². The van der Waals surface area contributed by atoms with Crippen LogP contribution in [-0.4, -0.2) is 17.0 Å². The van der Waals surface area contributed by atoms with Crippen LogP contribution >= 0.6 is 31.9 Å². The molecule has 7 heteroatoms. The first kappa shape index (κ1) is 15.7. The summed E-state index contributed by atoms with van der Waals surface area (Å²) in [7, 11) is 0. The van der Waals surface area contributed by atoms with Crippen molar-refractivity contribution in [1.29, 1.82) is 0 Å². The first-order valence-electron chi connectivity index (χ1n) is 5.67. The van der Waals surface area contributed by atoms with Crippen LogP contribution in [-0.2, 0) is 0 Å². The minimum atomic E-state index is -1.45. The number of nitrogens with one attached hydrogen (secondary N) is 1. The molecule has 0 aliphatic rings. The van der Waals surface area contributed by atoms with Gasteiger partial charge in [-0.25, -0.2) is 9.18 Å². The summed E-state index contributed by atoms with van der Waals surface area (Å²) in [5.41, 5.74) is -0.361. The molecule has 0 aliphatic carbocycles. The Bertz CT molecular complexity index is 714. The average Bonchev–Trinajstić information content (AvgIpc) is 2.37. The summed E-state index contributed by atoms with van der Waals surface area (Å²) in [5.74, 6) is -2.89. The monoisotopic (exact) mass is 415 g/mol. The second-order valence-electron chi connectivity index (χ2n) is 4.08. The highest BCUT2D eigenvalue weighted by atomic mass is 79.9. The van der Waals surface area contributed by atoms with Crippen molar-refractivity contribution < 1.29 is 19.1 Å². The number of carboxylic acids is 1. The lowest BCUT2D eigenvalue weighted by molar-refractivity contribution is 0.0693. The highest BCUT2D eigenvalue weighted by Gasteiger charge is 2.18. The Labute approximate surface area is 136 Å². The number of carbonyl (C=O) groups excluding carboxylic acids is 1. The fourth-order valence-corrected chi connectivity index (χ4v) is 3.02. The summed E-state index contributed by atoms with van der Waals surface area (Å²) in [6, 6.07) is 8.57. The summed E-state index contributed by atoms with van der Waals surface area (Å²) >= 11 is 6.50. The summed E-state index contributed by atoms with van der Waals surface area (Å²) in [6.07, 6.45) is 0. The second-order valence-corrected chi connectivity index (χ2v) is 5.91. The topological polar surface area (TPSA) is 66.4 Å². The van der Waals surface area contributed by atoms with Crippen LogP contribution in [0.3, 0.4) is 0 Å². The van der Waals surface area contributed by atoms with Gasteiger partial charge in [-0.05, 0) is 30.3 Å². The summed E-state index contributed by atoms with van der Waals surface area (Å²) in [5, 5.41) is 11.4. The van der Waals surface area contributed by atoms with E-state index in [-0.39, 0.29) is 5.69 Å². The molecule has 4 nitrogen and oxygen atoms in total. The van der Waals surface area contributed by atoms with Crippen molar-refractivity contribution in [2.75, 3.05) is 5.32 Å². The summed E-state index contributed by atoms with van der Waals surface area (Å²) in [4.78, 5) is 23.2. The number of carbonyl (C=O) groups is 2. The smallest absolute Gasteiger partial charge is 0.340 e. The fourth-order valence-electron chi connectivity index (χ4n) is 1.73. The normalized spacial score (nSPS) is 10.2. The molecule has 0 heterocycles. The zero-order chi connectivity index (χ0) is 15.6. The Balaban J connectivity index is 2.36. The standard InChI is InChI=1S/C14H8Br2FNO3/c15-8-4-7(5-9(16)6-8)13(19)18-11-3-1-2-10(17)12(11)14(20)21/h1-6H,(H,18,19)(H,20,21). The maximum Gasteiger partial charge on any atom is 0.340 e. The molecule has 0 aliphatic heterocycles. The van der Waals surface area contributed by atoms with E-state index in [0.29, 0.717) is 14.5 Å². The van der Waals surface area contributed by atoms with Gasteiger partial charge in [-0.1, -0.05) is 37.9 Å². The number of anilines is 1. The number of benzene rings is 2. The fraction of sp³-hybridized carbons (Fsp3) is 0. The molecule has 0 unspecified atom stereocenters. The van der Waals surface area contributed by atoms with Gasteiger partial charge in [0.15, 0.2) is 0 Å². The molecule has 0 spiro atoms. The van der Waals surface area contributed by atoms with E-state index in [1.54, 1.807) is 18.2 Å². The number of hydrogen-bond acceptors (Lipinski definition) is 2. The predicted octanol–water partition coefficient (Wildman–Crippen LogP) is 4.30. The van der Waals surface area contributed by atoms with Gasteiger partial charge >= 0.3 is 5.97 Å². The van der Waals surface area contributed by atoms with Gasteiger partial charge in [0.25, 0.3) is 5.91 Å². The Morgan fingerprint density at radius 1 is 1.10 bits per heavy atom. The van der Waals surface area contributed by atoms with Crippen molar-refractivity contribution in [3.63, 3.8) is 0 Å². The number of carboxylic acid groups (broad SMARTS) is 1. The van der Waals surface area contributed by atoms with Crippen LogP contribution in [0.5, 0.6) is 0 Å². The molecule has 108 valence electrons. The molecule has 2 N–H and O–H groups in total. The number of hydrogen-bond donors (Lipinski definition) is 2. The third kappa shape index (κ3) is 3.68. The van der Waals surface area contributed by atoms with Gasteiger partial charge in [-0.2, -0.15) is 0 Å². The first-order chi connectivity index (χ1) is 9.88. The molecule has 0 saturated heterocycles. The van der Waals surface area contributed by atoms with Crippen molar-refractivity contribution in [1.82, 2.24) is 0 Å². The van der Waals surface area contributed by atoms with Gasteiger partial charge in [-0.3, -0.25) is 4.79 Å². The first-order valence-corrected chi connectivity index (χ1v) is 7.26. The molecule has 0 radical (unpaired) electrons. The lowest BCUT2D eigenvalue weighted by Crippen LogP contribution is -2.15. The number of amides is 1. The van der Waals surface area contributed by atoms with Crippen molar-refractivity contribution >= 4 is 49.4 Å². The van der Waals surface area contributed by atoms with Gasteiger partial charge in [0, 0.05) is 14.5 Å². The minimum absolute atomic E-state index is 0.0939. The van der Waals surface area contributed by atoms with E-state index in [1.807, 2.05) is 0 Å². The van der Waals surface area contributed by atoms with Crippen LogP contribution < -0.4 is 5.32 Å². The van der Waals surface area contributed by atoms with Gasteiger partial charge in [0.05, 0.1) is 5.69 Å². The third-order valence-electron chi connectivity index (χ3n) is 2.60. The van der Waals surface area contributed by atoms with E-state index in [1.165, 1.54) is 12.1 Å². The van der Waals surface area contributed by atoms with E-state index in [2.05, 4.69) is 37.2 Å². The lowest BCUT2D eigenvalue weighted by atomic mass is 10.1. The molecule has 1 amide bonds. The van der Waals surface area contributed by atoms with Crippen molar-refractivity contribution in [2.45, 2.75) is 0 Å². The Morgan fingerprint density at radius 2 is 1.71 bits per heavy atom. The number of halogens is 3. The van der Waals surface area contributed by atoms with Crippen molar-refractivity contribution in [3.8, 4) is 0 Å². The maximum absolute atomic E-state index is 13.5. The van der Waals surface area contributed by atoms with Gasteiger partial charge in [0.1, 0.15) is 11.4 Å². The molecule has 0 aromatic heterocycles. The molecular formula is C14H8Br2FNO3. The average molecular weight is 417 g/mol. The highest BCUT2D eigenvalue weighted by Crippen LogP contribution is 2.23. The highest BCUT2D eigenvalue weighted by molar-refractivity contribution is 9.11. The van der Waals surface area contributed by atoms with Gasteiger partial charge < -0.3 is 10.4 Å². The maximum atomic E-state index is 13.5. The molecular weight excluding hydrogens is 409 g/mol. The van der Waals surface area contributed by atoms with Crippen LogP contribution in [0.25, 0.3) is 0 Å². The van der Waals surface area contributed by atoms with Crippen LogP contribution in [0.1, 0.15) is 20.7 Å². The number of aromatic carboxylic acids is 1. The lowest BCUT2D eigenvalue weighted by Gasteiger charge is -2.09. The van der Waals surface area contributed by atoms with E-state index in [4.69, 9.17) is 5.11 Å². The summed E-state index contributed by atoms with van der Waals surface area (Å²) < 4.78 is 14.9. The molecule has 2 aromatic rings. The summed E-state index contributed by atoms with van der Waals surface area (Å²) in [6.45, 7) is 0. The van der Waals surface area contributed by atoms with Crippen LogP contribution in [0, 0.1) is 5.82 Å². The molecule has 0 atom stereocenters.